The van der Waals surface area contributed by atoms with Crippen molar-refractivity contribution < 1.29 is 28.0 Å². The summed E-state index contributed by atoms with van der Waals surface area (Å²) in [6.07, 6.45) is 2.95. The van der Waals surface area contributed by atoms with Gasteiger partial charge >= 0.3 is 0 Å². The van der Waals surface area contributed by atoms with Crippen molar-refractivity contribution in [2.24, 2.45) is 11.8 Å². The van der Waals surface area contributed by atoms with Gasteiger partial charge in [0.2, 0.25) is 11.8 Å². The molecule has 0 radical (unpaired) electrons. The minimum absolute atomic E-state index is 0.338. The van der Waals surface area contributed by atoms with Gasteiger partial charge in [0.1, 0.15) is 23.6 Å². The molecule has 6 atom stereocenters. The van der Waals surface area contributed by atoms with E-state index in [1.165, 1.54) is 12.5 Å². The number of carbonyl (C=O) groups excluding carboxylic acids is 4. The zero-order valence-corrected chi connectivity index (χ0v) is 23.1. The van der Waals surface area contributed by atoms with Crippen molar-refractivity contribution in [3.8, 4) is 0 Å². The molecule has 0 bridgehead atoms. The second-order valence-electron chi connectivity index (χ2n) is 10.6. The molecule has 4 aliphatic rings. The van der Waals surface area contributed by atoms with E-state index in [1.807, 2.05) is 0 Å². The predicted octanol–water partition coefficient (Wildman–Crippen LogP) is 4.62. The third-order valence-electron chi connectivity index (χ3n) is 8.53. The Morgan fingerprint density at radius 2 is 0.952 bits per heavy atom. The van der Waals surface area contributed by atoms with Gasteiger partial charge in [-0.15, -0.1) is 0 Å². The Hall–Kier alpha value is -4.22. The molecule has 12 heteroatoms. The number of imide groups is 2. The molecule has 42 heavy (non-hydrogen) atoms. The molecule has 4 fully saturated rings. The lowest BCUT2D eigenvalue weighted by atomic mass is 9.87. The van der Waals surface area contributed by atoms with Crippen LogP contribution in [0.4, 0.5) is 11.4 Å². The van der Waals surface area contributed by atoms with Crippen LogP contribution in [0, 0.1) is 11.8 Å². The van der Waals surface area contributed by atoms with Crippen LogP contribution in [-0.2, 0) is 19.2 Å². The lowest BCUT2D eigenvalue weighted by Gasteiger charge is -2.34. The van der Waals surface area contributed by atoms with Gasteiger partial charge in [-0.3, -0.25) is 19.2 Å². The zero-order valence-electron chi connectivity index (χ0n) is 21.5. The number of furan rings is 2. The summed E-state index contributed by atoms with van der Waals surface area (Å²) < 4.78 is 11.6. The molecule has 0 saturated carbocycles. The van der Waals surface area contributed by atoms with Crippen molar-refractivity contribution in [2.45, 2.75) is 24.2 Å². The summed E-state index contributed by atoms with van der Waals surface area (Å²) in [4.78, 5) is 59.0. The van der Waals surface area contributed by atoms with E-state index < -0.39 is 59.6 Å². The summed E-state index contributed by atoms with van der Waals surface area (Å²) in [5.41, 5.74) is 0.676. The molecule has 6 heterocycles. The van der Waals surface area contributed by atoms with Gasteiger partial charge in [-0.2, -0.15) is 0 Å². The maximum absolute atomic E-state index is 14.2. The van der Waals surface area contributed by atoms with E-state index in [0.717, 1.165) is 9.80 Å². The molecule has 2 aromatic carbocycles. The van der Waals surface area contributed by atoms with Crippen molar-refractivity contribution >= 4 is 58.2 Å². The Kier molecular flexibility index (Phi) is 5.55. The van der Waals surface area contributed by atoms with E-state index in [0.29, 0.717) is 32.9 Å². The molecular weight excluding hydrogens is 583 g/mol. The summed E-state index contributed by atoms with van der Waals surface area (Å²) in [5.74, 6) is -3.00. The number of fused-ring (bicyclic) bond motifs is 5. The van der Waals surface area contributed by atoms with E-state index >= 15 is 0 Å². The number of halogens is 2. The highest BCUT2D eigenvalue weighted by Gasteiger charge is 2.74. The molecule has 2 aromatic heterocycles. The normalized spacial score (nSPS) is 29.1. The van der Waals surface area contributed by atoms with Crippen LogP contribution in [0.1, 0.15) is 23.6 Å². The van der Waals surface area contributed by atoms with E-state index in [2.05, 4.69) is 0 Å². The van der Waals surface area contributed by atoms with Crippen LogP contribution >= 0.6 is 23.2 Å². The standard InChI is InChI=1S/C30H20Cl2N4O6/c31-15-5-1-7-17(13-15)33-27(37)21-23(19-9-3-11-41-19)36-26-22(24(20-10-4-12-42-20)35(36)25(21)29(33)39)28(38)34(30(26)40)18-8-2-6-16(32)14-18/h1-14,21-26H/t21-,22-,23+,24+,25-,26+/m1/s1. The Balaban J connectivity index is 1.31. The monoisotopic (exact) mass is 602 g/mol. The molecule has 0 spiro atoms. The molecule has 4 aromatic rings. The molecule has 4 saturated heterocycles. The predicted molar refractivity (Wildman–Crippen MR) is 149 cm³/mol. The number of rotatable bonds is 4. The van der Waals surface area contributed by atoms with Crippen molar-refractivity contribution in [2.75, 3.05) is 9.80 Å². The number of hydrogen-bond donors (Lipinski definition) is 0. The highest BCUT2D eigenvalue weighted by Crippen LogP contribution is 2.59. The van der Waals surface area contributed by atoms with Gasteiger partial charge in [-0.05, 0) is 60.7 Å². The number of amides is 4. The zero-order chi connectivity index (χ0) is 28.9. The third kappa shape index (κ3) is 3.34. The number of carbonyl (C=O) groups is 4. The number of hydrogen-bond acceptors (Lipinski definition) is 8. The molecule has 0 N–H and O–H groups in total. The summed E-state index contributed by atoms with van der Waals surface area (Å²) in [6.45, 7) is 0. The van der Waals surface area contributed by atoms with Crippen LogP contribution in [0.15, 0.2) is 94.2 Å². The molecule has 210 valence electrons. The topological polar surface area (TPSA) is 108 Å². The van der Waals surface area contributed by atoms with Gasteiger partial charge in [-0.1, -0.05) is 35.3 Å². The van der Waals surface area contributed by atoms with Crippen LogP contribution in [0.5, 0.6) is 0 Å². The first-order valence-corrected chi connectivity index (χ1v) is 14.0. The highest BCUT2D eigenvalue weighted by molar-refractivity contribution is 6.32. The average Bonchev–Trinajstić information content (AvgIpc) is 3.79. The minimum Gasteiger partial charge on any atom is -0.468 e. The number of anilines is 2. The van der Waals surface area contributed by atoms with Gasteiger partial charge in [-0.25, -0.2) is 19.8 Å². The van der Waals surface area contributed by atoms with Crippen LogP contribution in [0.3, 0.4) is 0 Å². The molecule has 10 nitrogen and oxygen atoms in total. The first-order valence-electron chi connectivity index (χ1n) is 13.3. The molecule has 0 aliphatic carbocycles. The van der Waals surface area contributed by atoms with Gasteiger partial charge in [0.15, 0.2) is 0 Å². The fraction of sp³-hybridized carbons (Fsp3) is 0.200. The van der Waals surface area contributed by atoms with Crippen LogP contribution in [0.25, 0.3) is 0 Å². The number of hydrazine groups is 1. The van der Waals surface area contributed by atoms with Gasteiger partial charge < -0.3 is 8.83 Å². The lowest BCUT2D eigenvalue weighted by molar-refractivity contribution is -0.136. The maximum atomic E-state index is 14.2. The number of benzene rings is 2. The Morgan fingerprint density at radius 1 is 0.524 bits per heavy atom. The molecule has 0 unspecified atom stereocenters. The minimum atomic E-state index is -1.03. The Labute approximate surface area is 248 Å². The SMILES string of the molecule is O=C1[C@H]2[C@H](C(=O)N1c1cccc(Cl)c1)N1[C@@H](c3ccco3)[C@H]3C(=O)N(c4cccc(Cl)c4)C(=O)[C@H]3N1[C@H]2c1ccco1. The number of nitrogens with zero attached hydrogens (tertiary/aromatic N) is 4. The van der Waals surface area contributed by atoms with E-state index in [4.69, 9.17) is 32.0 Å². The quantitative estimate of drug-likeness (QED) is 0.311. The summed E-state index contributed by atoms with van der Waals surface area (Å²) >= 11 is 12.4. The molecule has 8 rings (SSSR count). The largest absolute Gasteiger partial charge is 0.468 e. The first kappa shape index (κ1) is 25.5. The van der Waals surface area contributed by atoms with E-state index in [9.17, 15) is 19.2 Å². The van der Waals surface area contributed by atoms with Crippen molar-refractivity contribution in [3.63, 3.8) is 0 Å². The fourth-order valence-electron chi connectivity index (χ4n) is 7.05. The summed E-state index contributed by atoms with van der Waals surface area (Å²) in [7, 11) is 0. The second-order valence-corrected chi connectivity index (χ2v) is 11.5. The smallest absolute Gasteiger partial charge is 0.253 e. The fourth-order valence-corrected chi connectivity index (χ4v) is 7.42. The maximum Gasteiger partial charge on any atom is 0.253 e. The second kappa shape index (κ2) is 9.14. The Bertz CT molecular complexity index is 1650. The van der Waals surface area contributed by atoms with Gasteiger partial charge in [0, 0.05) is 10.0 Å². The third-order valence-corrected chi connectivity index (χ3v) is 9.00. The van der Waals surface area contributed by atoms with Crippen LogP contribution in [-0.4, -0.2) is 45.7 Å². The van der Waals surface area contributed by atoms with Crippen LogP contribution in [0.2, 0.25) is 10.0 Å². The van der Waals surface area contributed by atoms with Crippen molar-refractivity contribution in [1.82, 2.24) is 10.0 Å². The van der Waals surface area contributed by atoms with Crippen molar-refractivity contribution in [1.29, 1.82) is 0 Å². The Morgan fingerprint density at radius 3 is 1.31 bits per heavy atom. The lowest BCUT2D eigenvalue weighted by Crippen LogP contribution is -2.50. The van der Waals surface area contributed by atoms with Crippen LogP contribution < -0.4 is 9.80 Å². The average molecular weight is 603 g/mol. The highest BCUT2D eigenvalue weighted by atomic mass is 35.5. The summed E-state index contributed by atoms with van der Waals surface area (Å²) in [6, 6.07) is 16.0. The summed E-state index contributed by atoms with van der Waals surface area (Å²) in [5, 5.41) is 4.13. The molecule has 4 aliphatic heterocycles. The molecular formula is C30H20Cl2N4O6. The van der Waals surface area contributed by atoms with Crippen molar-refractivity contribution in [3.05, 3.63) is 107 Å². The molecule has 4 amide bonds. The van der Waals surface area contributed by atoms with E-state index in [-0.39, 0.29) is 0 Å². The van der Waals surface area contributed by atoms with E-state index in [1.54, 1.807) is 82.8 Å². The van der Waals surface area contributed by atoms with Gasteiger partial charge in [0.05, 0.1) is 47.8 Å². The van der Waals surface area contributed by atoms with Gasteiger partial charge in [0.25, 0.3) is 11.8 Å². The first-order chi connectivity index (χ1) is 20.4.